The number of carboxylic acid groups (broad SMARTS) is 1. The minimum Gasteiger partial charge on any atom is -0.481 e. The summed E-state index contributed by atoms with van der Waals surface area (Å²) in [6, 6.07) is 0. The molecule has 0 saturated heterocycles. The summed E-state index contributed by atoms with van der Waals surface area (Å²) in [5.41, 5.74) is 0. The first-order chi connectivity index (χ1) is 13.0. The summed E-state index contributed by atoms with van der Waals surface area (Å²) in [4.78, 5) is 10.4. The number of aliphatic hydroxyl groups excluding tert-OH is 3. The molecule has 0 unspecified atom stereocenters. The number of carboxylic acids is 1. The van der Waals surface area contributed by atoms with E-state index in [-0.39, 0.29) is 18.3 Å². The van der Waals surface area contributed by atoms with Gasteiger partial charge in [0.05, 0.1) is 18.3 Å². The normalized spacial score (nSPS) is 27.0. The van der Waals surface area contributed by atoms with Crippen molar-refractivity contribution >= 4 is 5.97 Å². The van der Waals surface area contributed by atoms with Crippen LogP contribution in [0.1, 0.15) is 77.6 Å². The third kappa shape index (κ3) is 10.1. The molecule has 1 rings (SSSR count). The van der Waals surface area contributed by atoms with E-state index in [1.807, 2.05) is 18.2 Å². The minimum absolute atomic E-state index is 0.0790. The summed E-state index contributed by atoms with van der Waals surface area (Å²) in [6.07, 6.45) is 14.9. The first-order valence-electron chi connectivity index (χ1n) is 10.5. The van der Waals surface area contributed by atoms with Gasteiger partial charge in [0.2, 0.25) is 0 Å². The molecule has 1 aliphatic rings. The van der Waals surface area contributed by atoms with Crippen LogP contribution in [0.3, 0.4) is 0 Å². The Kier molecular flexibility index (Phi) is 12.3. The van der Waals surface area contributed by atoms with Gasteiger partial charge in [-0.05, 0) is 38.0 Å². The van der Waals surface area contributed by atoms with Crippen molar-refractivity contribution in [1.29, 1.82) is 0 Å². The zero-order valence-electron chi connectivity index (χ0n) is 16.7. The molecule has 4 N–H and O–H groups in total. The van der Waals surface area contributed by atoms with Crippen LogP contribution in [0.25, 0.3) is 0 Å². The van der Waals surface area contributed by atoms with E-state index in [9.17, 15) is 20.1 Å². The van der Waals surface area contributed by atoms with E-state index in [4.69, 9.17) is 5.11 Å². The van der Waals surface area contributed by atoms with Gasteiger partial charge in [0.15, 0.2) is 0 Å². The molecule has 5 nitrogen and oxygen atoms in total. The van der Waals surface area contributed by atoms with Gasteiger partial charge in [0.1, 0.15) is 0 Å². The number of aliphatic carboxylic acids is 1. The summed E-state index contributed by atoms with van der Waals surface area (Å²) >= 11 is 0. The Morgan fingerprint density at radius 1 is 1.07 bits per heavy atom. The van der Waals surface area contributed by atoms with Crippen molar-refractivity contribution < 1.29 is 25.2 Å². The monoisotopic (exact) mass is 382 g/mol. The van der Waals surface area contributed by atoms with E-state index in [0.717, 1.165) is 44.9 Å². The molecule has 0 aliphatic heterocycles. The van der Waals surface area contributed by atoms with Crippen LogP contribution in [0, 0.1) is 11.8 Å². The second kappa shape index (κ2) is 13.9. The number of unbranched alkanes of at least 4 members (excludes halogenated alkanes) is 5. The molecule has 5 heteroatoms. The smallest absolute Gasteiger partial charge is 0.303 e. The van der Waals surface area contributed by atoms with E-state index < -0.39 is 24.3 Å². The zero-order valence-corrected chi connectivity index (χ0v) is 16.7. The van der Waals surface area contributed by atoms with Crippen LogP contribution in [0.4, 0.5) is 0 Å². The molecule has 0 aromatic heterocycles. The van der Waals surface area contributed by atoms with Crippen molar-refractivity contribution in [3.05, 3.63) is 24.3 Å². The van der Waals surface area contributed by atoms with Crippen LogP contribution in [0.5, 0.6) is 0 Å². The van der Waals surface area contributed by atoms with Crippen LogP contribution in [0.2, 0.25) is 0 Å². The fourth-order valence-corrected chi connectivity index (χ4v) is 3.81. The quantitative estimate of drug-likeness (QED) is 0.270. The molecule has 0 bridgehead atoms. The largest absolute Gasteiger partial charge is 0.481 e. The summed E-state index contributed by atoms with van der Waals surface area (Å²) < 4.78 is 0. The maximum Gasteiger partial charge on any atom is 0.303 e. The lowest BCUT2D eigenvalue weighted by molar-refractivity contribution is -0.137. The molecule has 5 atom stereocenters. The SMILES string of the molecule is CCCCC[C@@H]1[C@@H](/C=C/[C@H](O)C/C=C\CCCCCC(=O)O)[C@H](O)C[C@@H]1O. The van der Waals surface area contributed by atoms with E-state index in [1.165, 1.54) is 0 Å². The van der Waals surface area contributed by atoms with Gasteiger partial charge >= 0.3 is 5.97 Å². The fraction of sp³-hybridized carbons (Fsp3) is 0.773. The number of hydrogen-bond donors (Lipinski definition) is 4. The van der Waals surface area contributed by atoms with Gasteiger partial charge in [-0.2, -0.15) is 0 Å². The average molecular weight is 383 g/mol. The lowest BCUT2D eigenvalue weighted by atomic mass is 9.88. The molecule has 0 amide bonds. The van der Waals surface area contributed by atoms with E-state index in [2.05, 4.69) is 6.92 Å². The molecule has 27 heavy (non-hydrogen) atoms. The van der Waals surface area contributed by atoms with Crippen LogP contribution >= 0.6 is 0 Å². The lowest BCUT2D eigenvalue weighted by Gasteiger charge is -2.21. The van der Waals surface area contributed by atoms with E-state index >= 15 is 0 Å². The van der Waals surface area contributed by atoms with Crippen LogP contribution < -0.4 is 0 Å². The molecular weight excluding hydrogens is 344 g/mol. The van der Waals surface area contributed by atoms with Crippen molar-refractivity contribution in [1.82, 2.24) is 0 Å². The molecular formula is C22H38O5. The van der Waals surface area contributed by atoms with Crippen LogP contribution in [-0.2, 0) is 4.79 Å². The van der Waals surface area contributed by atoms with Gasteiger partial charge in [-0.25, -0.2) is 0 Å². The Morgan fingerprint density at radius 3 is 2.56 bits per heavy atom. The molecule has 1 fully saturated rings. The van der Waals surface area contributed by atoms with E-state index in [0.29, 0.717) is 19.3 Å². The highest BCUT2D eigenvalue weighted by Gasteiger charge is 2.39. The topological polar surface area (TPSA) is 98.0 Å². The number of aliphatic hydroxyl groups is 3. The van der Waals surface area contributed by atoms with Gasteiger partial charge in [-0.1, -0.05) is 56.9 Å². The third-order valence-electron chi connectivity index (χ3n) is 5.42. The molecule has 0 radical (unpaired) electrons. The number of hydrogen-bond acceptors (Lipinski definition) is 4. The number of rotatable bonds is 14. The predicted octanol–water partition coefficient (Wildman–Crippen LogP) is 3.82. The van der Waals surface area contributed by atoms with Crippen molar-refractivity contribution in [3.8, 4) is 0 Å². The first kappa shape index (κ1) is 23.9. The molecule has 0 heterocycles. The molecule has 0 aromatic carbocycles. The summed E-state index contributed by atoms with van der Waals surface area (Å²) in [5.74, 6) is -0.742. The average Bonchev–Trinajstić information content (AvgIpc) is 2.88. The first-order valence-corrected chi connectivity index (χ1v) is 10.5. The Bertz CT molecular complexity index is 460. The Hall–Kier alpha value is -1.17. The van der Waals surface area contributed by atoms with Crippen molar-refractivity contribution in [2.75, 3.05) is 0 Å². The lowest BCUT2D eigenvalue weighted by Crippen LogP contribution is -2.21. The molecule has 0 aromatic rings. The number of carbonyl (C=O) groups is 1. The van der Waals surface area contributed by atoms with Gasteiger partial charge in [-0.3, -0.25) is 4.79 Å². The standard InChI is InChI=1S/C22H38O5/c1-2-3-8-12-18-19(21(25)16-20(18)24)15-14-17(23)11-9-6-4-5-7-10-13-22(26)27/h6,9,14-15,17-21,23-25H,2-5,7-8,10-13,16H2,1H3,(H,26,27)/b9-6-,15-14+/t17-,18-,19-,20+,21-/m1/s1. The predicted molar refractivity (Wildman–Crippen MR) is 107 cm³/mol. The highest BCUT2D eigenvalue weighted by atomic mass is 16.4. The Balaban J connectivity index is 2.30. The number of allylic oxidation sites excluding steroid dienone is 1. The Morgan fingerprint density at radius 2 is 1.85 bits per heavy atom. The fourth-order valence-electron chi connectivity index (χ4n) is 3.81. The highest BCUT2D eigenvalue weighted by Crippen LogP contribution is 2.37. The van der Waals surface area contributed by atoms with E-state index in [1.54, 1.807) is 6.08 Å². The molecule has 1 saturated carbocycles. The third-order valence-corrected chi connectivity index (χ3v) is 5.42. The molecule has 0 spiro atoms. The maximum absolute atomic E-state index is 10.4. The highest BCUT2D eigenvalue weighted by molar-refractivity contribution is 5.66. The second-order valence-electron chi connectivity index (χ2n) is 7.76. The van der Waals surface area contributed by atoms with Crippen molar-refractivity contribution in [3.63, 3.8) is 0 Å². The van der Waals surface area contributed by atoms with Gasteiger partial charge in [0, 0.05) is 18.8 Å². The van der Waals surface area contributed by atoms with Crippen molar-refractivity contribution in [2.24, 2.45) is 11.8 Å². The zero-order chi connectivity index (χ0) is 20.1. The maximum atomic E-state index is 10.4. The molecule has 156 valence electrons. The summed E-state index contributed by atoms with van der Waals surface area (Å²) in [7, 11) is 0. The van der Waals surface area contributed by atoms with Crippen LogP contribution in [0.15, 0.2) is 24.3 Å². The second-order valence-corrected chi connectivity index (χ2v) is 7.76. The van der Waals surface area contributed by atoms with Crippen LogP contribution in [-0.4, -0.2) is 44.7 Å². The van der Waals surface area contributed by atoms with Gasteiger partial charge < -0.3 is 20.4 Å². The molecule has 1 aliphatic carbocycles. The minimum atomic E-state index is -0.743. The summed E-state index contributed by atoms with van der Waals surface area (Å²) in [6.45, 7) is 2.15. The van der Waals surface area contributed by atoms with Gasteiger partial charge in [0.25, 0.3) is 0 Å². The summed E-state index contributed by atoms with van der Waals surface area (Å²) in [5, 5.41) is 39.1. The Labute approximate surface area is 163 Å². The van der Waals surface area contributed by atoms with Crippen molar-refractivity contribution in [2.45, 2.75) is 95.9 Å². The van der Waals surface area contributed by atoms with Gasteiger partial charge in [-0.15, -0.1) is 0 Å².